The van der Waals surface area contributed by atoms with Crippen LogP contribution in [0.3, 0.4) is 0 Å². The maximum Gasteiger partial charge on any atom is 2.00 e. The van der Waals surface area contributed by atoms with Crippen molar-refractivity contribution in [3.05, 3.63) is 210 Å². The summed E-state index contributed by atoms with van der Waals surface area (Å²) in [6, 6.07) is 8.83. The Kier molecular flexibility index (Phi) is 32.8. The van der Waals surface area contributed by atoms with Gasteiger partial charge in [0.05, 0.1) is 22.7 Å². The summed E-state index contributed by atoms with van der Waals surface area (Å²) in [6.45, 7) is 32.7. The number of allylic oxidation sites excluding steroid dienone is 16. The first-order valence-electron chi connectivity index (χ1n) is 27.7. The van der Waals surface area contributed by atoms with Crippen LogP contribution in [0.2, 0.25) is 0 Å². The molecule has 0 aliphatic carbocycles. The molecular weight excluding hydrogens is 1110 g/mol. The average molecular weight is 1200 g/mol. The van der Waals surface area contributed by atoms with Crippen molar-refractivity contribution in [2.75, 3.05) is 9.80 Å². The molecule has 0 spiro atoms. The maximum absolute atomic E-state index is 5.86. The third kappa shape index (κ3) is 17.8. The first-order chi connectivity index (χ1) is 38.8. The fourth-order valence-electron chi connectivity index (χ4n) is 9.79. The molecule has 4 aromatic carbocycles. The van der Waals surface area contributed by atoms with E-state index in [0.717, 1.165) is 112 Å². The molecule has 416 valence electrons. The molecule has 0 atom stereocenters. The molecule has 0 saturated heterocycles. The Morgan fingerprint density at radius 1 is 0.247 bits per heavy atom. The molecule has 0 amide bonds. The molecule has 7 heteroatoms. The van der Waals surface area contributed by atoms with Gasteiger partial charge < -0.3 is 59.5 Å². The minimum atomic E-state index is 0. The molecule has 4 rings (SSSR count). The van der Waals surface area contributed by atoms with E-state index >= 15 is 0 Å². The van der Waals surface area contributed by atoms with Crippen molar-refractivity contribution in [1.82, 2.24) is 0 Å². The van der Waals surface area contributed by atoms with Crippen LogP contribution in [-0.4, -0.2) is 8.64 Å². The van der Waals surface area contributed by atoms with Crippen LogP contribution in [-0.2, 0) is 44.7 Å². The Morgan fingerprint density at radius 2 is 0.383 bits per heavy atom. The zero-order valence-corrected chi connectivity index (χ0v) is 57.3. The number of nitrogens with zero attached hydrogens (tertiary/aromatic N) is 2. The molecule has 0 saturated carbocycles. The van der Waals surface area contributed by atoms with Crippen molar-refractivity contribution in [1.29, 1.82) is 0 Å². The van der Waals surface area contributed by atoms with Gasteiger partial charge in [0.1, 0.15) is 0 Å². The van der Waals surface area contributed by atoms with Crippen LogP contribution in [0.5, 0.6) is 0 Å². The molecular formula is C74H84N2S4Zn. The number of anilines is 4. The van der Waals surface area contributed by atoms with Crippen LogP contribution >= 0.6 is 24.4 Å². The second kappa shape index (κ2) is 37.6. The van der Waals surface area contributed by atoms with Crippen molar-refractivity contribution in [3.63, 3.8) is 0 Å². The Labute approximate surface area is 524 Å². The first kappa shape index (κ1) is 70.7. The smallest absolute Gasteiger partial charge is 0.411 e. The van der Waals surface area contributed by atoms with Gasteiger partial charge in [0.15, 0.2) is 0 Å². The molecule has 0 fully saturated rings. The summed E-state index contributed by atoms with van der Waals surface area (Å²) in [4.78, 5) is 4.13. The molecule has 0 unspecified atom stereocenters. The summed E-state index contributed by atoms with van der Waals surface area (Å²) < 4.78 is 0.731. The van der Waals surface area contributed by atoms with E-state index in [9.17, 15) is 0 Å². The van der Waals surface area contributed by atoms with E-state index in [4.69, 9.17) is 49.7 Å². The standard InChI is InChI=1S/2C37H43NS2.Zn/c2*1-9-17-27-25-35(33(23-15-7)31(21-13-5)29(27)19-11-3)38(37(39)40)36-26-28(18-10-2)30(20-12-4)32(22-14-6)34(36)24-16-8;/h2*9-26H,1-8H3,(H,39,40);/q;;+2/p-2. The van der Waals surface area contributed by atoms with Crippen LogP contribution in [0.15, 0.2) is 121 Å². The van der Waals surface area contributed by atoms with Crippen molar-refractivity contribution in [2.24, 2.45) is 0 Å². The molecule has 2 nitrogen and oxygen atoms in total. The third-order valence-electron chi connectivity index (χ3n) is 12.6. The van der Waals surface area contributed by atoms with E-state index in [-0.39, 0.29) is 19.5 Å². The minimum Gasteiger partial charge on any atom is -0.411 e. The molecule has 0 aliphatic rings. The van der Waals surface area contributed by atoms with E-state index in [1.54, 1.807) is 0 Å². The molecule has 0 N–H and O–H groups in total. The zero-order valence-electron chi connectivity index (χ0n) is 51.0. The van der Waals surface area contributed by atoms with Crippen LogP contribution in [0.1, 0.15) is 200 Å². The normalized spacial score (nSPS) is 12.7. The molecule has 81 heavy (non-hydrogen) atoms. The molecule has 0 aromatic heterocycles. The Balaban J connectivity index is 0.000000547. The van der Waals surface area contributed by atoms with Gasteiger partial charge in [-0.1, -0.05) is 203 Å². The average Bonchev–Trinajstić information content (AvgIpc) is 3.55. The van der Waals surface area contributed by atoms with E-state index in [0.29, 0.717) is 8.64 Å². The number of thiocarbonyl (C=S) groups is 2. The Bertz CT molecular complexity index is 2900. The van der Waals surface area contributed by atoms with Gasteiger partial charge in [-0.15, -0.1) is 0 Å². The van der Waals surface area contributed by atoms with Gasteiger partial charge in [0, 0.05) is 22.3 Å². The number of rotatable bonds is 20. The van der Waals surface area contributed by atoms with Crippen molar-refractivity contribution < 1.29 is 19.5 Å². The van der Waals surface area contributed by atoms with Gasteiger partial charge in [-0.25, -0.2) is 0 Å². The fourth-order valence-corrected chi connectivity index (χ4v) is 10.6. The zero-order chi connectivity index (χ0) is 59.3. The predicted molar refractivity (Wildman–Crippen MR) is 385 cm³/mol. The van der Waals surface area contributed by atoms with Crippen molar-refractivity contribution in [2.45, 2.75) is 111 Å². The fraction of sp³-hybridized carbons (Fsp3) is 0.216. The SMILES string of the molecule is CC=Cc1cc(N(C(=S)[S-])c2cc(C=CC)c(C=CC)c(C=CC)c2C=CC)c(C=CC)c(C=CC)c1C=CC.CC=Cc1cc(N(C(=S)[S-])c2cc(C=CC)c(C=CC)c(C=CC)c2C=CC)c(C=CC)c(C=CC)c1C=CC.[Zn+2]. The topological polar surface area (TPSA) is 6.48 Å². The number of hydrogen-bond donors (Lipinski definition) is 0. The second-order valence-corrected chi connectivity index (χ2v) is 20.2. The number of benzene rings is 4. The van der Waals surface area contributed by atoms with E-state index in [1.165, 1.54) is 0 Å². The van der Waals surface area contributed by atoms with E-state index < -0.39 is 0 Å². The molecule has 4 aromatic rings. The predicted octanol–water partition coefficient (Wildman–Crippen LogP) is 23.8. The van der Waals surface area contributed by atoms with Gasteiger partial charge in [0.25, 0.3) is 0 Å². The van der Waals surface area contributed by atoms with Crippen LogP contribution < -0.4 is 9.80 Å². The molecule has 0 bridgehead atoms. The summed E-state index contributed by atoms with van der Waals surface area (Å²) >= 11 is 23.4. The van der Waals surface area contributed by atoms with Crippen LogP contribution in [0, 0.1) is 0 Å². The molecule has 0 radical (unpaired) electrons. The molecule has 0 heterocycles. The van der Waals surface area contributed by atoms with Gasteiger partial charge in [-0.05, 0) is 202 Å². The van der Waals surface area contributed by atoms with Gasteiger partial charge in [-0.2, -0.15) is 0 Å². The van der Waals surface area contributed by atoms with Gasteiger partial charge >= 0.3 is 19.5 Å². The third-order valence-corrected chi connectivity index (χ3v) is 13.3. The summed E-state index contributed by atoms with van der Waals surface area (Å²) in [7, 11) is 0. The summed E-state index contributed by atoms with van der Waals surface area (Å²) in [5.41, 5.74) is 21.6. The summed E-state index contributed by atoms with van der Waals surface area (Å²) in [5, 5.41) is 0. The van der Waals surface area contributed by atoms with Crippen molar-refractivity contribution in [3.8, 4) is 0 Å². The Morgan fingerprint density at radius 3 is 0.519 bits per heavy atom. The van der Waals surface area contributed by atoms with Crippen molar-refractivity contribution >= 4 is 178 Å². The Hall–Kier alpha value is -6.44. The molecule has 0 aliphatic heterocycles. The monoisotopic (exact) mass is 1190 g/mol. The summed E-state index contributed by atoms with van der Waals surface area (Å²) in [6.07, 6.45) is 67.8. The largest absolute Gasteiger partial charge is 2.00 e. The van der Waals surface area contributed by atoms with Gasteiger partial charge in [-0.3, -0.25) is 0 Å². The maximum atomic E-state index is 5.86. The van der Waals surface area contributed by atoms with Crippen LogP contribution in [0.4, 0.5) is 22.7 Å². The summed E-state index contributed by atoms with van der Waals surface area (Å²) in [5.74, 6) is 0. The quantitative estimate of drug-likeness (QED) is 0.0491. The first-order valence-corrected chi connectivity index (χ1v) is 29.3. The van der Waals surface area contributed by atoms with E-state index in [1.807, 2.05) is 111 Å². The van der Waals surface area contributed by atoms with Crippen LogP contribution in [0.25, 0.3) is 97.2 Å². The van der Waals surface area contributed by atoms with Gasteiger partial charge in [0.2, 0.25) is 0 Å². The van der Waals surface area contributed by atoms with E-state index in [2.05, 4.69) is 228 Å². The minimum absolute atomic E-state index is 0. The number of hydrogen-bond acceptors (Lipinski definition) is 4. The second-order valence-electron chi connectivity index (χ2n) is 18.1.